The van der Waals surface area contributed by atoms with Gasteiger partial charge in [-0.1, -0.05) is 48.5 Å². The molecule has 0 aliphatic heterocycles. The van der Waals surface area contributed by atoms with Gasteiger partial charge >= 0.3 is 0 Å². The minimum Gasteiger partial charge on any atom is -0.496 e. The molecule has 0 aliphatic carbocycles. The Hall–Kier alpha value is -3.18. The molecule has 0 heterocycles. The summed E-state index contributed by atoms with van der Waals surface area (Å²) in [6.07, 6.45) is 0. The molecule has 3 rings (SSSR count). The van der Waals surface area contributed by atoms with Crippen LogP contribution < -0.4 is 15.4 Å². The lowest BCUT2D eigenvalue weighted by atomic mass is 10.0. The number of hydrogen-bond acceptors (Lipinski definition) is 3. The lowest BCUT2D eigenvalue weighted by molar-refractivity contribution is 0.0977. The van der Waals surface area contributed by atoms with E-state index in [1.807, 2.05) is 54.6 Å². The first-order valence-corrected chi connectivity index (χ1v) is 8.49. The molecular formula is C21H18N2O2S. The summed E-state index contributed by atoms with van der Waals surface area (Å²) in [5.41, 5.74) is 3.29. The Morgan fingerprint density at radius 1 is 0.923 bits per heavy atom. The van der Waals surface area contributed by atoms with Gasteiger partial charge in [0.05, 0.1) is 7.11 Å². The van der Waals surface area contributed by atoms with E-state index in [4.69, 9.17) is 17.0 Å². The van der Waals surface area contributed by atoms with Crippen LogP contribution in [-0.4, -0.2) is 18.1 Å². The van der Waals surface area contributed by atoms with E-state index in [1.165, 1.54) is 0 Å². The minimum atomic E-state index is -0.250. The van der Waals surface area contributed by atoms with Gasteiger partial charge in [0.1, 0.15) is 5.75 Å². The number of hydrogen-bond donors (Lipinski definition) is 2. The molecule has 3 aromatic rings. The topological polar surface area (TPSA) is 50.4 Å². The zero-order chi connectivity index (χ0) is 18.4. The van der Waals surface area contributed by atoms with Crippen LogP contribution in [0.3, 0.4) is 0 Å². The summed E-state index contributed by atoms with van der Waals surface area (Å²) in [6, 6.07) is 24.5. The fourth-order valence-corrected chi connectivity index (χ4v) is 2.77. The van der Waals surface area contributed by atoms with Gasteiger partial charge in [0, 0.05) is 16.8 Å². The predicted octanol–water partition coefficient (Wildman–Crippen LogP) is 4.49. The Morgan fingerprint density at radius 2 is 1.58 bits per heavy atom. The average molecular weight is 362 g/mol. The number of methoxy groups -OCH3 is 1. The van der Waals surface area contributed by atoms with Gasteiger partial charge < -0.3 is 10.1 Å². The highest BCUT2D eigenvalue weighted by Gasteiger charge is 2.10. The summed E-state index contributed by atoms with van der Waals surface area (Å²) in [5, 5.41) is 5.97. The molecule has 130 valence electrons. The maximum absolute atomic E-state index is 12.2. The van der Waals surface area contributed by atoms with Gasteiger partial charge in [-0.05, 0) is 48.1 Å². The predicted molar refractivity (Wildman–Crippen MR) is 109 cm³/mol. The maximum Gasteiger partial charge on any atom is 0.257 e. The number of nitrogens with one attached hydrogen (secondary N) is 2. The molecule has 0 unspecified atom stereocenters. The van der Waals surface area contributed by atoms with E-state index in [9.17, 15) is 4.79 Å². The van der Waals surface area contributed by atoms with E-state index in [0.29, 0.717) is 5.56 Å². The minimum absolute atomic E-state index is 0.239. The number of benzene rings is 3. The van der Waals surface area contributed by atoms with Crippen molar-refractivity contribution in [2.24, 2.45) is 0 Å². The summed E-state index contributed by atoms with van der Waals surface area (Å²) >= 11 is 5.26. The van der Waals surface area contributed by atoms with Crippen molar-refractivity contribution in [1.29, 1.82) is 0 Å². The molecule has 2 N–H and O–H groups in total. The number of thiocarbonyl (C=S) groups is 1. The molecule has 0 saturated heterocycles. The maximum atomic E-state index is 12.2. The Morgan fingerprint density at radius 3 is 2.23 bits per heavy atom. The largest absolute Gasteiger partial charge is 0.496 e. The second kappa shape index (κ2) is 8.27. The van der Waals surface area contributed by atoms with E-state index in [2.05, 4.69) is 10.6 Å². The molecule has 0 radical (unpaired) electrons. The third kappa shape index (κ3) is 4.26. The molecule has 0 atom stereocenters. The van der Waals surface area contributed by atoms with Crippen LogP contribution in [0.2, 0.25) is 0 Å². The van der Waals surface area contributed by atoms with Crippen LogP contribution in [0.5, 0.6) is 5.75 Å². The highest BCUT2D eigenvalue weighted by atomic mass is 32.1. The lowest BCUT2D eigenvalue weighted by Crippen LogP contribution is -2.34. The third-order valence-electron chi connectivity index (χ3n) is 3.81. The van der Waals surface area contributed by atoms with E-state index >= 15 is 0 Å². The molecule has 4 nitrogen and oxygen atoms in total. The van der Waals surface area contributed by atoms with Gasteiger partial charge in [0.25, 0.3) is 5.91 Å². The Bertz CT molecular complexity index is 912. The highest BCUT2D eigenvalue weighted by Crippen LogP contribution is 2.32. The van der Waals surface area contributed by atoms with Gasteiger partial charge in [-0.15, -0.1) is 0 Å². The Balaban J connectivity index is 1.76. The molecule has 0 fully saturated rings. The van der Waals surface area contributed by atoms with Gasteiger partial charge in [-0.2, -0.15) is 0 Å². The first kappa shape index (κ1) is 17.6. The summed E-state index contributed by atoms with van der Waals surface area (Å²) in [5.74, 6) is 0.515. The fraction of sp³-hybridized carbons (Fsp3) is 0.0476. The Kier molecular flexibility index (Phi) is 5.61. The number of amides is 1. The molecule has 0 aromatic heterocycles. The average Bonchev–Trinajstić information content (AvgIpc) is 2.69. The number of carbonyl (C=O) groups is 1. The van der Waals surface area contributed by atoms with E-state index in [-0.39, 0.29) is 11.0 Å². The molecule has 0 spiro atoms. The van der Waals surface area contributed by atoms with Crippen LogP contribution >= 0.6 is 12.2 Å². The van der Waals surface area contributed by atoms with Crippen LogP contribution in [0.1, 0.15) is 10.4 Å². The van der Waals surface area contributed by atoms with E-state index in [0.717, 1.165) is 22.6 Å². The number of ether oxygens (including phenoxy) is 1. The van der Waals surface area contributed by atoms with Crippen molar-refractivity contribution in [1.82, 2.24) is 5.32 Å². The van der Waals surface area contributed by atoms with Gasteiger partial charge in [-0.25, -0.2) is 0 Å². The van der Waals surface area contributed by atoms with Gasteiger partial charge in [-0.3, -0.25) is 10.1 Å². The highest BCUT2D eigenvalue weighted by molar-refractivity contribution is 7.80. The molecule has 0 aliphatic rings. The zero-order valence-electron chi connectivity index (χ0n) is 14.2. The number of carbonyl (C=O) groups excluding carboxylic acids is 1. The first-order valence-electron chi connectivity index (χ1n) is 8.08. The number of rotatable bonds is 4. The molecular weight excluding hydrogens is 344 g/mol. The fourth-order valence-electron chi connectivity index (χ4n) is 2.56. The van der Waals surface area contributed by atoms with Crippen LogP contribution in [0, 0.1) is 0 Å². The quantitative estimate of drug-likeness (QED) is 0.672. The van der Waals surface area contributed by atoms with Crippen molar-refractivity contribution in [3.8, 4) is 16.9 Å². The third-order valence-corrected chi connectivity index (χ3v) is 4.01. The second-order valence-corrected chi connectivity index (χ2v) is 5.96. The summed E-state index contributed by atoms with van der Waals surface area (Å²) < 4.78 is 5.45. The van der Waals surface area contributed by atoms with Crippen LogP contribution in [0.15, 0.2) is 78.9 Å². The molecule has 26 heavy (non-hydrogen) atoms. The standard InChI is InChI=1S/C21H18N2O2S/c1-25-19-13-12-17(14-18(19)15-8-4-2-5-9-15)22-21(26)23-20(24)16-10-6-3-7-11-16/h2-14H,1H3,(H2,22,23,24,26). The first-order chi connectivity index (χ1) is 12.7. The van der Waals surface area contributed by atoms with Crippen molar-refractivity contribution in [3.05, 3.63) is 84.4 Å². The Labute approximate surface area is 157 Å². The van der Waals surface area contributed by atoms with Crippen LogP contribution in [0.25, 0.3) is 11.1 Å². The molecule has 0 saturated carbocycles. The van der Waals surface area contributed by atoms with Gasteiger partial charge in [0.2, 0.25) is 0 Å². The lowest BCUT2D eigenvalue weighted by Gasteiger charge is -2.13. The van der Waals surface area contributed by atoms with Crippen molar-refractivity contribution < 1.29 is 9.53 Å². The SMILES string of the molecule is COc1ccc(NC(=S)NC(=O)c2ccccc2)cc1-c1ccccc1. The summed E-state index contributed by atoms with van der Waals surface area (Å²) in [4.78, 5) is 12.2. The second-order valence-electron chi connectivity index (χ2n) is 5.56. The number of anilines is 1. The summed E-state index contributed by atoms with van der Waals surface area (Å²) in [6.45, 7) is 0. The van der Waals surface area contributed by atoms with Crippen LogP contribution in [0.4, 0.5) is 5.69 Å². The van der Waals surface area contributed by atoms with Crippen molar-refractivity contribution in [2.45, 2.75) is 0 Å². The molecule has 0 bridgehead atoms. The van der Waals surface area contributed by atoms with E-state index < -0.39 is 0 Å². The van der Waals surface area contributed by atoms with Crippen molar-refractivity contribution in [3.63, 3.8) is 0 Å². The van der Waals surface area contributed by atoms with Crippen molar-refractivity contribution >= 4 is 28.9 Å². The smallest absolute Gasteiger partial charge is 0.257 e. The summed E-state index contributed by atoms with van der Waals surface area (Å²) in [7, 11) is 1.64. The monoisotopic (exact) mass is 362 g/mol. The molecule has 3 aromatic carbocycles. The van der Waals surface area contributed by atoms with Gasteiger partial charge in [0.15, 0.2) is 5.11 Å². The van der Waals surface area contributed by atoms with Crippen molar-refractivity contribution in [2.75, 3.05) is 12.4 Å². The molecule has 5 heteroatoms. The van der Waals surface area contributed by atoms with E-state index in [1.54, 1.807) is 31.4 Å². The zero-order valence-corrected chi connectivity index (χ0v) is 15.0. The molecule has 1 amide bonds. The normalized spacial score (nSPS) is 10.0. The van der Waals surface area contributed by atoms with Crippen LogP contribution in [-0.2, 0) is 0 Å².